The molecule has 19 heavy (non-hydrogen) atoms. The van der Waals surface area contributed by atoms with E-state index in [9.17, 15) is 8.78 Å². The first kappa shape index (κ1) is 11.6. The molecule has 0 fully saturated rings. The summed E-state index contributed by atoms with van der Waals surface area (Å²) < 4.78 is 31.9. The van der Waals surface area contributed by atoms with Crippen LogP contribution in [0.2, 0.25) is 0 Å². The number of pyridine rings is 1. The van der Waals surface area contributed by atoms with Crippen LogP contribution in [-0.2, 0) is 0 Å². The van der Waals surface area contributed by atoms with Gasteiger partial charge in [0, 0.05) is 6.20 Å². The van der Waals surface area contributed by atoms with Gasteiger partial charge in [-0.2, -0.15) is 0 Å². The molecule has 0 aliphatic rings. The molecule has 4 nitrogen and oxygen atoms in total. The van der Waals surface area contributed by atoms with Crippen LogP contribution >= 0.6 is 0 Å². The van der Waals surface area contributed by atoms with Gasteiger partial charge in [-0.3, -0.25) is 4.98 Å². The Morgan fingerprint density at radius 1 is 1.21 bits per heavy atom. The standard InChI is InChI=1S/C13H9F2N3O/c1-19-10-6-16-5-4-7(10)13-17-9-3-2-8(14)11(15)12(9)18-13/h2-6H,1H3,(H,17,18). The molecule has 0 saturated carbocycles. The molecule has 6 heteroatoms. The lowest BCUT2D eigenvalue weighted by atomic mass is 10.2. The first-order valence-electron chi connectivity index (χ1n) is 5.53. The maximum absolute atomic E-state index is 13.6. The number of nitrogens with zero attached hydrogens (tertiary/aromatic N) is 2. The minimum absolute atomic E-state index is 0.0335. The van der Waals surface area contributed by atoms with Gasteiger partial charge in [-0.15, -0.1) is 0 Å². The van der Waals surface area contributed by atoms with Gasteiger partial charge in [-0.1, -0.05) is 0 Å². The van der Waals surface area contributed by atoms with E-state index in [0.29, 0.717) is 22.7 Å². The van der Waals surface area contributed by atoms with E-state index in [0.717, 1.165) is 6.07 Å². The fourth-order valence-corrected chi connectivity index (χ4v) is 1.88. The molecule has 1 N–H and O–H groups in total. The highest BCUT2D eigenvalue weighted by atomic mass is 19.2. The Balaban J connectivity index is 2.24. The Bertz CT molecular complexity index is 755. The van der Waals surface area contributed by atoms with Gasteiger partial charge >= 0.3 is 0 Å². The molecule has 3 aromatic rings. The Kier molecular flexibility index (Phi) is 2.63. The smallest absolute Gasteiger partial charge is 0.186 e. The molecule has 0 amide bonds. The van der Waals surface area contributed by atoms with E-state index in [4.69, 9.17) is 4.74 Å². The SMILES string of the molecule is COc1cnccc1-c1nc2c(F)c(F)ccc2[nH]1. The second-order valence-corrected chi connectivity index (χ2v) is 3.92. The molecule has 0 aliphatic heterocycles. The molecular formula is C13H9F2N3O. The number of aromatic nitrogens is 3. The van der Waals surface area contributed by atoms with Gasteiger partial charge in [0.15, 0.2) is 11.6 Å². The molecule has 0 bridgehead atoms. The topological polar surface area (TPSA) is 50.8 Å². The number of halogens is 2. The molecular weight excluding hydrogens is 252 g/mol. The number of aromatic amines is 1. The zero-order chi connectivity index (χ0) is 13.4. The molecule has 0 aliphatic carbocycles. The summed E-state index contributed by atoms with van der Waals surface area (Å²) in [7, 11) is 1.50. The summed E-state index contributed by atoms with van der Waals surface area (Å²) in [5.41, 5.74) is 1.02. The van der Waals surface area contributed by atoms with Crippen LogP contribution in [0.25, 0.3) is 22.4 Å². The van der Waals surface area contributed by atoms with E-state index in [1.807, 2.05) is 0 Å². The quantitative estimate of drug-likeness (QED) is 0.771. The fraction of sp³-hybridized carbons (Fsp3) is 0.0769. The van der Waals surface area contributed by atoms with Crippen molar-refractivity contribution in [1.82, 2.24) is 15.0 Å². The molecule has 0 spiro atoms. The molecule has 0 unspecified atom stereocenters. The number of hydrogen-bond donors (Lipinski definition) is 1. The van der Waals surface area contributed by atoms with E-state index in [2.05, 4.69) is 15.0 Å². The van der Waals surface area contributed by atoms with Crippen LogP contribution in [0.3, 0.4) is 0 Å². The van der Waals surface area contributed by atoms with Gasteiger partial charge in [0.2, 0.25) is 0 Å². The van der Waals surface area contributed by atoms with E-state index in [1.165, 1.54) is 19.4 Å². The zero-order valence-corrected chi connectivity index (χ0v) is 9.95. The summed E-state index contributed by atoms with van der Waals surface area (Å²) in [6, 6.07) is 4.19. The number of ether oxygens (including phenoxy) is 1. The van der Waals surface area contributed by atoms with Gasteiger partial charge in [0.25, 0.3) is 0 Å². The van der Waals surface area contributed by atoms with Gasteiger partial charge in [-0.25, -0.2) is 13.8 Å². The number of methoxy groups -OCH3 is 1. The van der Waals surface area contributed by atoms with E-state index in [-0.39, 0.29) is 5.52 Å². The second-order valence-electron chi connectivity index (χ2n) is 3.92. The first-order valence-corrected chi connectivity index (χ1v) is 5.53. The Hall–Kier alpha value is -2.50. The van der Waals surface area contributed by atoms with Crippen LogP contribution in [-0.4, -0.2) is 22.1 Å². The van der Waals surface area contributed by atoms with Gasteiger partial charge in [0.1, 0.15) is 17.1 Å². The highest BCUT2D eigenvalue weighted by Crippen LogP contribution is 2.29. The summed E-state index contributed by atoms with van der Waals surface area (Å²) >= 11 is 0. The molecule has 0 atom stereocenters. The molecule has 0 radical (unpaired) electrons. The largest absolute Gasteiger partial charge is 0.494 e. The number of imidazole rings is 1. The highest BCUT2D eigenvalue weighted by molar-refractivity contribution is 5.81. The Labute approximate surface area is 107 Å². The minimum Gasteiger partial charge on any atom is -0.494 e. The van der Waals surface area contributed by atoms with Crippen molar-refractivity contribution in [3.63, 3.8) is 0 Å². The lowest BCUT2D eigenvalue weighted by Crippen LogP contribution is -1.90. The van der Waals surface area contributed by atoms with Crippen LogP contribution in [0, 0.1) is 11.6 Å². The van der Waals surface area contributed by atoms with E-state index < -0.39 is 11.6 Å². The monoisotopic (exact) mass is 261 g/mol. The molecule has 96 valence electrons. The number of rotatable bonds is 2. The summed E-state index contributed by atoms with van der Waals surface area (Å²) in [5.74, 6) is -0.985. The molecule has 2 heterocycles. The molecule has 0 saturated heterocycles. The van der Waals surface area contributed by atoms with Crippen molar-refractivity contribution < 1.29 is 13.5 Å². The van der Waals surface area contributed by atoms with E-state index in [1.54, 1.807) is 12.3 Å². The average Bonchev–Trinajstić information content (AvgIpc) is 2.87. The van der Waals surface area contributed by atoms with Gasteiger partial charge in [0.05, 0.1) is 24.4 Å². The van der Waals surface area contributed by atoms with Crippen LogP contribution < -0.4 is 4.74 Å². The Morgan fingerprint density at radius 2 is 2.05 bits per heavy atom. The Morgan fingerprint density at radius 3 is 2.84 bits per heavy atom. The second kappa shape index (κ2) is 4.31. The van der Waals surface area contributed by atoms with Crippen molar-refractivity contribution in [2.75, 3.05) is 7.11 Å². The lowest BCUT2D eigenvalue weighted by molar-refractivity contribution is 0.414. The highest BCUT2D eigenvalue weighted by Gasteiger charge is 2.15. The molecule has 1 aromatic carbocycles. The number of nitrogens with one attached hydrogen (secondary N) is 1. The average molecular weight is 261 g/mol. The summed E-state index contributed by atoms with van der Waals surface area (Å²) in [6.45, 7) is 0. The van der Waals surface area contributed by atoms with Crippen molar-refractivity contribution in [3.8, 4) is 17.1 Å². The summed E-state index contributed by atoms with van der Waals surface area (Å²) in [6.07, 6.45) is 3.10. The summed E-state index contributed by atoms with van der Waals surface area (Å²) in [4.78, 5) is 10.9. The first-order chi connectivity index (χ1) is 9.20. The van der Waals surface area contributed by atoms with Crippen molar-refractivity contribution in [2.45, 2.75) is 0 Å². The third-order valence-electron chi connectivity index (χ3n) is 2.81. The minimum atomic E-state index is -0.965. The third kappa shape index (κ3) is 1.81. The summed E-state index contributed by atoms with van der Waals surface area (Å²) in [5, 5.41) is 0. The third-order valence-corrected chi connectivity index (χ3v) is 2.81. The van der Waals surface area contributed by atoms with Crippen molar-refractivity contribution in [3.05, 3.63) is 42.2 Å². The van der Waals surface area contributed by atoms with Crippen molar-refractivity contribution in [1.29, 1.82) is 0 Å². The fourth-order valence-electron chi connectivity index (χ4n) is 1.88. The maximum atomic E-state index is 13.6. The number of hydrogen-bond acceptors (Lipinski definition) is 3. The molecule has 2 aromatic heterocycles. The van der Waals surface area contributed by atoms with Crippen molar-refractivity contribution >= 4 is 11.0 Å². The normalized spacial score (nSPS) is 10.9. The van der Waals surface area contributed by atoms with Gasteiger partial charge < -0.3 is 9.72 Å². The van der Waals surface area contributed by atoms with Crippen LogP contribution in [0.4, 0.5) is 8.78 Å². The number of benzene rings is 1. The maximum Gasteiger partial charge on any atom is 0.186 e. The predicted octanol–water partition coefficient (Wildman–Crippen LogP) is 2.91. The van der Waals surface area contributed by atoms with Crippen LogP contribution in [0.1, 0.15) is 0 Å². The van der Waals surface area contributed by atoms with Crippen LogP contribution in [0.15, 0.2) is 30.6 Å². The lowest BCUT2D eigenvalue weighted by Gasteiger charge is -2.03. The van der Waals surface area contributed by atoms with E-state index >= 15 is 0 Å². The molecule has 3 rings (SSSR count). The van der Waals surface area contributed by atoms with Gasteiger partial charge in [-0.05, 0) is 18.2 Å². The predicted molar refractivity (Wildman–Crippen MR) is 65.8 cm³/mol. The van der Waals surface area contributed by atoms with Crippen LogP contribution in [0.5, 0.6) is 5.75 Å². The zero-order valence-electron chi connectivity index (χ0n) is 9.95. The number of fused-ring (bicyclic) bond motifs is 1. The number of H-pyrrole nitrogens is 1. The van der Waals surface area contributed by atoms with Crippen molar-refractivity contribution in [2.24, 2.45) is 0 Å².